The van der Waals surface area contributed by atoms with Crippen LogP contribution in [-0.4, -0.2) is 36.2 Å². The number of fused-ring (bicyclic) bond motifs is 5. The number of benzene rings is 3. The number of hydrogen-bond donors (Lipinski definition) is 2. The monoisotopic (exact) mass is 615 g/mol. The lowest BCUT2D eigenvalue weighted by Crippen LogP contribution is -2.43. The second kappa shape index (κ2) is 10.9. The third-order valence-electron chi connectivity index (χ3n) is 8.36. The number of ether oxygens (including phenoxy) is 1. The largest absolute Gasteiger partial charge is 0.452 e. The fraction of sp³-hybridized carbons (Fsp3) is 0.258. The van der Waals surface area contributed by atoms with Crippen LogP contribution in [0.4, 0.5) is 5.69 Å². The van der Waals surface area contributed by atoms with Crippen molar-refractivity contribution in [2.45, 2.75) is 18.8 Å². The normalized spacial score (nSPS) is 24.2. The molecule has 208 valence electrons. The van der Waals surface area contributed by atoms with Crippen molar-refractivity contribution in [1.29, 1.82) is 0 Å². The number of amides is 4. The Kier molecular flexibility index (Phi) is 7.17. The summed E-state index contributed by atoms with van der Waals surface area (Å²) in [6.07, 6.45) is 1.81. The molecule has 1 saturated heterocycles. The first-order valence-electron chi connectivity index (χ1n) is 13.4. The van der Waals surface area contributed by atoms with Crippen molar-refractivity contribution in [2.24, 2.45) is 23.7 Å². The van der Waals surface area contributed by atoms with Crippen molar-refractivity contribution in [1.82, 2.24) is 10.9 Å². The van der Waals surface area contributed by atoms with Crippen LogP contribution in [0.2, 0.25) is 0 Å². The lowest BCUT2D eigenvalue weighted by atomic mass is 9.73. The van der Waals surface area contributed by atoms with E-state index in [1.165, 1.54) is 22.6 Å². The zero-order chi connectivity index (χ0) is 28.7. The van der Waals surface area contributed by atoms with E-state index in [0.29, 0.717) is 11.3 Å². The molecule has 5 atom stereocenters. The van der Waals surface area contributed by atoms with Gasteiger partial charge in [0.2, 0.25) is 11.8 Å². The molecule has 0 spiro atoms. The Hall–Kier alpha value is -4.31. The molecular weight excluding hydrogens is 590 g/mol. The van der Waals surface area contributed by atoms with E-state index in [1.807, 2.05) is 18.2 Å². The number of nitrogens with zero attached hydrogens (tertiary/aromatic N) is 1. The third kappa shape index (κ3) is 5.04. The van der Waals surface area contributed by atoms with Crippen molar-refractivity contribution in [3.05, 3.63) is 100 Å². The molecule has 41 heavy (non-hydrogen) atoms. The van der Waals surface area contributed by atoms with Gasteiger partial charge in [0.05, 0.1) is 23.1 Å². The maximum Gasteiger partial charge on any atom is 0.338 e. The highest BCUT2D eigenvalue weighted by molar-refractivity contribution is 9.10. The summed E-state index contributed by atoms with van der Waals surface area (Å²) in [5, 5.41) is 0. The van der Waals surface area contributed by atoms with E-state index < -0.39 is 24.4 Å². The van der Waals surface area contributed by atoms with E-state index in [9.17, 15) is 24.0 Å². The van der Waals surface area contributed by atoms with Crippen molar-refractivity contribution in [3.63, 3.8) is 0 Å². The minimum Gasteiger partial charge on any atom is -0.452 e. The zero-order valence-corrected chi connectivity index (χ0v) is 23.4. The molecule has 0 aromatic heterocycles. The predicted molar refractivity (Wildman–Crippen MR) is 151 cm³/mol. The molecule has 0 radical (unpaired) electrons. The molecule has 2 N–H and O–H groups in total. The Bertz CT molecular complexity index is 1530. The lowest BCUT2D eigenvalue weighted by Gasteiger charge is -2.28. The molecule has 9 nitrogen and oxygen atoms in total. The summed E-state index contributed by atoms with van der Waals surface area (Å²) in [4.78, 5) is 64.8. The molecule has 3 aromatic carbocycles. The topological polar surface area (TPSA) is 122 Å². The van der Waals surface area contributed by atoms with Crippen molar-refractivity contribution in [2.75, 3.05) is 11.5 Å². The number of carbonyl (C=O) groups excluding carboxylic acids is 5. The predicted octanol–water partition coefficient (Wildman–Crippen LogP) is 4.00. The van der Waals surface area contributed by atoms with Crippen LogP contribution in [0.5, 0.6) is 0 Å². The zero-order valence-electron chi connectivity index (χ0n) is 21.8. The van der Waals surface area contributed by atoms with Crippen LogP contribution in [0, 0.1) is 23.7 Å². The van der Waals surface area contributed by atoms with E-state index in [4.69, 9.17) is 4.74 Å². The second-order valence-electron chi connectivity index (χ2n) is 10.6. The fourth-order valence-corrected chi connectivity index (χ4v) is 6.86. The van der Waals surface area contributed by atoms with Crippen LogP contribution in [-0.2, 0) is 19.1 Å². The van der Waals surface area contributed by atoms with Gasteiger partial charge in [0.25, 0.3) is 11.8 Å². The molecule has 2 saturated carbocycles. The van der Waals surface area contributed by atoms with Crippen LogP contribution in [0.15, 0.2) is 83.3 Å². The van der Waals surface area contributed by atoms with Gasteiger partial charge in [-0.25, -0.2) is 4.79 Å². The van der Waals surface area contributed by atoms with Crippen molar-refractivity contribution < 1.29 is 28.7 Å². The standard InChI is InChI=1S/C31H26BrN3O6/c32-21-10-6-18(7-11-21)28(37)34-33-25(36)16-41-31(40)19-8-12-22(13-9-19)35-29(38)26-20-14-23(17-4-2-1-3-5-17)24(15-20)27(26)30(35)39/h1-13,20,23-24,26-27H,14-16H2,(H,33,36)(H,34,37)/t20-,23+,24+,26+,27-/m0/s1. The summed E-state index contributed by atoms with van der Waals surface area (Å²) in [6, 6.07) is 22.7. The molecule has 4 amide bonds. The van der Waals surface area contributed by atoms with Gasteiger partial charge in [-0.15, -0.1) is 0 Å². The Morgan fingerprint density at radius 3 is 2.17 bits per heavy atom. The number of hydrazine groups is 1. The molecule has 10 heteroatoms. The quantitative estimate of drug-likeness (QED) is 0.246. The number of rotatable bonds is 6. The Labute approximate surface area is 244 Å². The van der Waals surface area contributed by atoms with Gasteiger partial charge in [-0.2, -0.15) is 0 Å². The molecule has 3 aromatic rings. The summed E-state index contributed by atoms with van der Waals surface area (Å²) >= 11 is 3.28. The minimum absolute atomic E-state index is 0.147. The number of nitrogens with one attached hydrogen (secondary N) is 2. The first-order valence-corrected chi connectivity index (χ1v) is 14.2. The molecule has 0 unspecified atom stereocenters. The minimum atomic E-state index is -0.759. The summed E-state index contributed by atoms with van der Waals surface area (Å²) < 4.78 is 5.85. The van der Waals surface area contributed by atoms with E-state index in [0.717, 1.165) is 17.3 Å². The van der Waals surface area contributed by atoms with Gasteiger partial charge in [-0.1, -0.05) is 46.3 Å². The van der Waals surface area contributed by atoms with E-state index in [2.05, 4.69) is 38.9 Å². The van der Waals surface area contributed by atoms with Gasteiger partial charge < -0.3 is 4.74 Å². The SMILES string of the molecule is O=C(COC(=O)c1ccc(N2C(=O)[C@@H]3[C@@H]4C[C@@H]([C@@H]3C2=O)[C@@H](c2ccccc2)C4)cc1)NNC(=O)c1ccc(Br)cc1. The molecule has 3 fully saturated rings. The van der Waals surface area contributed by atoms with Crippen LogP contribution in [0.25, 0.3) is 0 Å². The molecule has 2 aliphatic carbocycles. The summed E-state index contributed by atoms with van der Waals surface area (Å²) in [5.41, 5.74) is 6.58. The smallest absolute Gasteiger partial charge is 0.338 e. The maximum absolute atomic E-state index is 13.5. The van der Waals surface area contributed by atoms with Crippen LogP contribution in [0.1, 0.15) is 45.0 Å². The third-order valence-corrected chi connectivity index (χ3v) is 8.89. The summed E-state index contributed by atoms with van der Waals surface area (Å²) in [7, 11) is 0. The number of anilines is 1. The molecule has 1 heterocycles. The van der Waals surface area contributed by atoms with Crippen molar-refractivity contribution in [3.8, 4) is 0 Å². The first kappa shape index (κ1) is 26.9. The van der Waals surface area contributed by atoms with E-state index in [1.54, 1.807) is 36.4 Å². The highest BCUT2D eigenvalue weighted by Gasteiger charge is 2.64. The van der Waals surface area contributed by atoms with Gasteiger partial charge in [-0.3, -0.25) is 34.9 Å². The van der Waals surface area contributed by atoms with Gasteiger partial charge in [-0.05, 0) is 84.7 Å². The van der Waals surface area contributed by atoms with Crippen LogP contribution >= 0.6 is 15.9 Å². The summed E-state index contributed by atoms with van der Waals surface area (Å²) in [6.45, 7) is -0.612. The average molecular weight is 616 g/mol. The first-order chi connectivity index (χ1) is 19.8. The summed E-state index contributed by atoms with van der Waals surface area (Å²) in [5.74, 6) is -2.34. The Balaban J connectivity index is 1.04. The van der Waals surface area contributed by atoms with Gasteiger partial charge in [0.1, 0.15) is 0 Å². The Morgan fingerprint density at radius 2 is 1.46 bits per heavy atom. The number of esters is 1. The highest BCUT2D eigenvalue weighted by Crippen LogP contribution is 2.61. The van der Waals surface area contributed by atoms with Crippen molar-refractivity contribution >= 4 is 51.2 Å². The maximum atomic E-state index is 13.5. The second-order valence-corrected chi connectivity index (χ2v) is 11.5. The Morgan fingerprint density at radius 1 is 0.805 bits per heavy atom. The average Bonchev–Trinajstić information content (AvgIpc) is 3.66. The van der Waals surface area contributed by atoms with Crippen LogP contribution < -0.4 is 15.8 Å². The molecule has 3 aliphatic rings. The molecule has 1 aliphatic heterocycles. The molecular formula is C31H26BrN3O6. The van der Waals surface area contributed by atoms with Gasteiger partial charge in [0.15, 0.2) is 6.61 Å². The number of halogens is 1. The van der Waals surface area contributed by atoms with Gasteiger partial charge in [0, 0.05) is 10.0 Å². The van der Waals surface area contributed by atoms with E-state index in [-0.39, 0.29) is 47.0 Å². The number of imide groups is 1. The lowest BCUT2D eigenvalue weighted by molar-refractivity contribution is -0.125. The van der Waals surface area contributed by atoms with E-state index >= 15 is 0 Å². The molecule has 6 rings (SSSR count). The fourth-order valence-electron chi connectivity index (χ4n) is 6.59. The van der Waals surface area contributed by atoms with Gasteiger partial charge >= 0.3 is 5.97 Å². The highest BCUT2D eigenvalue weighted by atomic mass is 79.9. The number of hydrogen-bond acceptors (Lipinski definition) is 6. The molecule has 2 bridgehead atoms. The van der Waals surface area contributed by atoms with Crippen LogP contribution in [0.3, 0.4) is 0 Å². The number of carbonyl (C=O) groups is 5.